The number of ether oxygens (including phenoxy) is 1. The number of nitrogens with zero attached hydrogens (tertiary/aromatic N) is 11. The van der Waals surface area contributed by atoms with Crippen LogP contribution in [-0.4, -0.2) is 93.4 Å². The number of hydrogen-bond acceptors (Lipinski definition) is 13. The largest absolute Gasteiger partial charge is 0.465 e. The summed E-state index contributed by atoms with van der Waals surface area (Å²) in [6, 6.07) is 27.6. The number of halogens is 2. The number of aryl methyl sites for hydroxylation is 2. The molecule has 0 saturated heterocycles. The average molecular weight is 1030 g/mol. The van der Waals surface area contributed by atoms with Crippen molar-refractivity contribution < 1.29 is 37.8 Å². The predicted octanol–water partition coefficient (Wildman–Crippen LogP) is 6.75. The first kappa shape index (κ1) is 50.7. The molecule has 6 N–H and O–H groups in total. The number of benzene rings is 4. The van der Waals surface area contributed by atoms with Gasteiger partial charge < -0.3 is 35.8 Å². The molecule has 0 unspecified atom stereocenters. The summed E-state index contributed by atoms with van der Waals surface area (Å²) in [4.78, 5) is 82.0. The molecule has 4 amide bonds. The smallest absolute Gasteiger partial charge is 0.408 e. The lowest BCUT2D eigenvalue weighted by Gasteiger charge is -2.17. The van der Waals surface area contributed by atoms with Crippen molar-refractivity contribution in [2.45, 2.75) is 39.3 Å². The second kappa shape index (κ2) is 23.1. The van der Waals surface area contributed by atoms with Crippen molar-refractivity contribution in [2.24, 2.45) is 14.1 Å². The van der Waals surface area contributed by atoms with E-state index >= 15 is 0 Å². The first-order valence-corrected chi connectivity index (χ1v) is 23.3. The molecule has 24 heteroatoms. The first-order chi connectivity index (χ1) is 36.8. The fraction of sp³-hybridized carbons (Fsp3) is 0.154. The van der Waals surface area contributed by atoms with Gasteiger partial charge in [-0.15, -0.1) is 0 Å². The molecule has 22 nitrogen and oxygen atoms in total. The van der Waals surface area contributed by atoms with E-state index < -0.39 is 35.6 Å². The van der Waals surface area contributed by atoms with E-state index in [0.717, 1.165) is 22.3 Å². The summed E-state index contributed by atoms with van der Waals surface area (Å²) < 4.78 is 36.9. The van der Waals surface area contributed by atoms with Gasteiger partial charge in [0, 0.05) is 57.3 Å². The summed E-state index contributed by atoms with van der Waals surface area (Å²) >= 11 is 0. The maximum atomic E-state index is 14.3. The molecule has 0 fully saturated rings. The molecule has 6 heterocycles. The molecule has 76 heavy (non-hydrogen) atoms. The maximum Gasteiger partial charge on any atom is 0.408 e. The second-order valence-electron chi connectivity index (χ2n) is 17.1. The van der Waals surface area contributed by atoms with Crippen LogP contribution in [0.3, 0.4) is 0 Å². The van der Waals surface area contributed by atoms with Crippen molar-refractivity contribution in [3.63, 3.8) is 0 Å². The van der Waals surface area contributed by atoms with E-state index in [4.69, 9.17) is 4.74 Å². The van der Waals surface area contributed by atoms with Crippen molar-refractivity contribution in [3.8, 4) is 22.3 Å². The molecule has 10 aromatic rings. The highest BCUT2D eigenvalue weighted by molar-refractivity contribution is 6.02. The van der Waals surface area contributed by atoms with Crippen molar-refractivity contribution in [1.29, 1.82) is 0 Å². The number of hydrogen-bond donors (Lipinski definition) is 6. The number of aromatic nitrogens is 12. The van der Waals surface area contributed by atoms with Crippen LogP contribution < -0.4 is 16.0 Å². The molecule has 6 aromatic heterocycles. The van der Waals surface area contributed by atoms with Crippen molar-refractivity contribution in [1.82, 2.24) is 80.3 Å². The van der Waals surface area contributed by atoms with E-state index in [1.165, 1.54) is 41.8 Å². The molecule has 10 rings (SSSR count). The Kier molecular flexibility index (Phi) is 15.4. The van der Waals surface area contributed by atoms with Crippen LogP contribution in [0.4, 0.5) is 18.4 Å². The third kappa shape index (κ3) is 12.8. The van der Waals surface area contributed by atoms with E-state index in [2.05, 4.69) is 66.0 Å². The number of carboxylic acid groups (broad SMARTS) is 1. The Morgan fingerprint density at radius 2 is 1.09 bits per heavy atom. The molecule has 0 saturated carbocycles. The van der Waals surface area contributed by atoms with E-state index in [0.29, 0.717) is 39.4 Å². The summed E-state index contributed by atoms with van der Waals surface area (Å²) in [6.45, 7) is 0.428. The van der Waals surface area contributed by atoms with Gasteiger partial charge in [-0.1, -0.05) is 60.7 Å². The van der Waals surface area contributed by atoms with Gasteiger partial charge in [-0.05, 0) is 69.8 Å². The van der Waals surface area contributed by atoms with Gasteiger partial charge in [-0.3, -0.25) is 23.9 Å². The van der Waals surface area contributed by atoms with Crippen LogP contribution in [0, 0.1) is 11.6 Å². The zero-order valence-corrected chi connectivity index (χ0v) is 40.6. The molecule has 0 atom stereocenters. The number of nitrogens with one attached hydrogen (secondary N) is 5. The van der Waals surface area contributed by atoms with Crippen molar-refractivity contribution >= 4 is 46.3 Å². The first-order valence-electron chi connectivity index (χ1n) is 23.3. The molecule has 0 aliphatic carbocycles. The molecule has 384 valence electrons. The Hall–Kier alpha value is -10.3. The van der Waals surface area contributed by atoms with E-state index in [9.17, 15) is 33.1 Å². The normalized spacial score (nSPS) is 10.9. The number of H-pyrrole nitrogens is 2. The topological polar surface area (TPSA) is 282 Å². The molecule has 0 radical (unpaired) electrons. The fourth-order valence-electron chi connectivity index (χ4n) is 7.87. The summed E-state index contributed by atoms with van der Waals surface area (Å²) in [5.41, 5.74) is 6.85. The summed E-state index contributed by atoms with van der Waals surface area (Å²) in [7, 11) is 3.55. The number of carbonyl (C=O) groups is 4. The molecular formula is C52H46F2N16O6. The highest BCUT2D eigenvalue weighted by Crippen LogP contribution is 2.24. The van der Waals surface area contributed by atoms with Crippen LogP contribution in [0.25, 0.3) is 44.6 Å². The van der Waals surface area contributed by atoms with Crippen LogP contribution in [-0.2, 0) is 58.2 Å². The number of rotatable bonds is 16. The summed E-state index contributed by atoms with van der Waals surface area (Å²) in [5.74, 6) is -1.17. The Morgan fingerprint density at radius 1 is 0.592 bits per heavy atom. The summed E-state index contributed by atoms with van der Waals surface area (Å²) in [5, 5.41) is 26.0. The van der Waals surface area contributed by atoms with E-state index in [1.54, 1.807) is 60.4 Å². The number of fused-ring (bicyclic) bond motifs is 2. The van der Waals surface area contributed by atoms with E-state index in [-0.39, 0.29) is 67.5 Å². The second-order valence-corrected chi connectivity index (χ2v) is 17.1. The number of carbonyl (C=O) groups excluding carboxylic acids is 3. The van der Waals surface area contributed by atoms with Gasteiger partial charge in [0.2, 0.25) is 0 Å². The quantitative estimate of drug-likeness (QED) is 0.0584. The van der Waals surface area contributed by atoms with Gasteiger partial charge in [0.1, 0.15) is 53.6 Å². The molecule has 0 aliphatic rings. The number of imidazole rings is 2. The van der Waals surface area contributed by atoms with Crippen LogP contribution in [0.5, 0.6) is 0 Å². The summed E-state index contributed by atoms with van der Waals surface area (Å²) in [6.07, 6.45) is 7.55. The van der Waals surface area contributed by atoms with Gasteiger partial charge in [0.05, 0.1) is 25.5 Å². The SMILES string of the molecule is Cn1cc(-c2cc(F)cc(CNC(=O)c3ncnc4nc(CN(Cc5ccccc5)C(=O)O)[nH]c34)c2)cn1.Cn1cc(-c2cc(F)cc(CNC(=O)c3ncnc4nc(CNC(=O)OCc5ccccc5)[nH]c34)c2)cn1. The number of amides is 4. The molecule has 0 bridgehead atoms. The molecule has 0 aliphatic heterocycles. The van der Waals surface area contributed by atoms with Crippen LogP contribution in [0.15, 0.2) is 135 Å². The zero-order chi connectivity index (χ0) is 53.1. The average Bonchev–Trinajstić information content (AvgIpc) is 4.27. The van der Waals surface area contributed by atoms with Gasteiger partial charge in [-0.2, -0.15) is 10.2 Å². The monoisotopic (exact) mass is 1030 g/mol. The van der Waals surface area contributed by atoms with Crippen molar-refractivity contribution in [2.75, 3.05) is 0 Å². The minimum Gasteiger partial charge on any atom is -0.465 e. The fourth-order valence-corrected chi connectivity index (χ4v) is 7.87. The van der Waals surface area contributed by atoms with Gasteiger partial charge >= 0.3 is 12.2 Å². The highest BCUT2D eigenvalue weighted by atomic mass is 19.1. The number of alkyl carbamates (subject to hydrolysis) is 1. The highest BCUT2D eigenvalue weighted by Gasteiger charge is 2.21. The minimum atomic E-state index is -1.11. The van der Waals surface area contributed by atoms with Crippen LogP contribution >= 0.6 is 0 Å². The van der Waals surface area contributed by atoms with Gasteiger partial charge in [0.25, 0.3) is 11.8 Å². The predicted molar refractivity (Wildman–Crippen MR) is 270 cm³/mol. The third-order valence-electron chi connectivity index (χ3n) is 11.4. The lowest BCUT2D eigenvalue weighted by atomic mass is 10.1. The lowest BCUT2D eigenvalue weighted by Crippen LogP contribution is -2.28. The molecular weight excluding hydrogens is 983 g/mol. The van der Waals surface area contributed by atoms with Gasteiger partial charge in [0.15, 0.2) is 22.7 Å². The standard InChI is InChI=1S/2C26H23FN8O3/c1-35-13-19(11-32-35)18-7-17(8-20(27)9-18)10-28-25(36)23-22-24(31-15-30-23)34-21(33-22)12-29-26(37)38-14-16-5-3-2-4-6-16;1-34-13-19(11-31-34)18-7-17(8-20(27)9-18)10-28-25(36)23-22-24(30-15-29-23)33-21(32-22)14-35(26(37)38)12-16-5-3-2-4-6-16/h2-9,11,13,15H,10,12,14H2,1H3,(H,28,36)(H,29,37)(H,30,31,33,34);2-9,11,13,15H,10,12,14H2,1H3,(H,28,36)(H,37,38)(H,29,30,32,33). The zero-order valence-electron chi connectivity index (χ0n) is 40.6. The van der Waals surface area contributed by atoms with Gasteiger partial charge in [-0.25, -0.2) is 48.3 Å². The Labute approximate surface area is 430 Å². The Bertz CT molecular complexity index is 3690. The molecule has 4 aromatic carbocycles. The molecule has 0 spiro atoms. The van der Waals surface area contributed by atoms with Crippen LogP contribution in [0.1, 0.15) is 54.9 Å². The minimum absolute atomic E-state index is 0.0332. The maximum absolute atomic E-state index is 14.3. The lowest BCUT2D eigenvalue weighted by molar-refractivity contribution is 0.0939. The van der Waals surface area contributed by atoms with Crippen LogP contribution in [0.2, 0.25) is 0 Å². The Morgan fingerprint density at radius 3 is 1.59 bits per heavy atom. The van der Waals surface area contributed by atoms with E-state index in [1.807, 2.05) is 60.7 Å². The Balaban J connectivity index is 0.000000186. The third-order valence-corrected chi connectivity index (χ3v) is 11.4. The number of aromatic amines is 2. The van der Waals surface area contributed by atoms with Crippen molar-refractivity contribution in [3.05, 3.63) is 191 Å².